The first-order chi connectivity index (χ1) is 23.4. The maximum atomic E-state index is 15.2. The molecule has 5 heterocycles. The van der Waals surface area contributed by atoms with E-state index in [0.717, 1.165) is 90.8 Å². The van der Waals surface area contributed by atoms with Crippen molar-refractivity contribution < 1.29 is 28.1 Å². The summed E-state index contributed by atoms with van der Waals surface area (Å²) in [6, 6.07) is 7.61. The summed E-state index contributed by atoms with van der Waals surface area (Å²) < 4.78 is 46.4. The SMILES string of the molecule is CCc1c(F)ccc2cc(OCOC)cc(N3CCc4c(nc(OCC56CCCN5C/C(=C\F)C6)nc4N4C[C@@H]5C[C@H](C4)[C@H](O)C5)C3)c12. The topological polar surface area (TPSA) is 83.4 Å². The van der Waals surface area contributed by atoms with Crippen LogP contribution in [0.1, 0.15) is 55.8 Å². The van der Waals surface area contributed by atoms with Gasteiger partial charge in [0.15, 0.2) is 6.79 Å². The molecule has 8 rings (SSSR count). The number of nitrogens with zero attached hydrogens (tertiary/aromatic N) is 5. The number of aromatic nitrogens is 2. The molecule has 0 amide bonds. The Kier molecular flexibility index (Phi) is 8.41. The fraction of sp³-hybridized carbons (Fsp3) is 0.568. The number of halogens is 2. The van der Waals surface area contributed by atoms with Gasteiger partial charge in [-0.25, -0.2) is 8.78 Å². The third kappa shape index (κ3) is 5.57. The normalized spacial score (nSPS) is 27.6. The monoisotopic (exact) mass is 661 g/mol. The van der Waals surface area contributed by atoms with Gasteiger partial charge in [-0.3, -0.25) is 4.90 Å². The maximum Gasteiger partial charge on any atom is 0.318 e. The molecule has 11 heteroatoms. The quantitative estimate of drug-likeness (QED) is 0.297. The van der Waals surface area contributed by atoms with Gasteiger partial charge in [0.1, 0.15) is 24.0 Å². The number of piperidine rings is 1. The highest BCUT2D eigenvalue weighted by atomic mass is 19.1. The number of aliphatic hydroxyl groups excluding tert-OH is 1. The van der Waals surface area contributed by atoms with Crippen LogP contribution >= 0.6 is 0 Å². The molecule has 2 aromatic carbocycles. The molecule has 3 saturated heterocycles. The van der Waals surface area contributed by atoms with Gasteiger partial charge in [-0.15, -0.1) is 0 Å². The molecule has 48 heavy (non-hydrogen) atoms. The van der Waals surface area contributed by atoms with E-state index in [-0.39, 0.29) is 30.2 Å². The van der Waals surface area contributed by atoms with Crippen LogP contribution in [0.4, 0.5) is 20.3 Å². The number of aliphatic hydroxyl groups is 1. The first-order valence-corrected chi connectivity index (χ1v) is 17.5. The fourth-order valence-electron chi connectivity index (χ4n) is 9.25. The van der Waals surface area contributed by atoms with Crippen LogP contribution in [0.5, 0.6) is 11.8 Å². The number of anilines is 2. The van der Waals surface area contributed by atoms with Gasteiger partial charge in [0.05, 0.1) is 30.2 Å². The van der Waals surface area contributed by atoms with Gasteiger partial charge in [0.25, 0.3) is 0 Å². The Morgan fingerprint density at radius 1 is 1.08 bits per heavy atom. The van der Waals surface area contributed by atoms with Gasteiger partial charge in [-0.1, -0.05) is 13.0 Å². The molecule has 3 aromatic rings. The molecular weight excluding hydrogens is 616 g/mol. The molecule has 0 spiro atoms. The van der Waals surface area contributed by atoms with E-state index in [1.165, 1.54) is 6.07 Å². The lowest BCUT2D eigenvalue weighted by molar-refractivity contribution is 0.0512. The van der Waals surface area contributed by atoms with E-state index in [4.69, 9.17) is 24.2 Å². The molecule has 0 radical (unpaired) electrons. The van der Waals surface area contributed by atoms with Crippen molar-refractivity contribution in [3.8, 4) is 11.8 Å². The number of hydrogen-bond acceptors (Lipinski definition) is 9. The second kappa shape index (κ2) is 12.7. The Balaban J connectivity index is 1.17. The summed E-state index contributed by atoms with van der Waals surface area (Å²) in [5, 5.41) is 12.5. The van der Waals surface area contributed by atoms with Gasteiger partial charge >= 0.3 is 6.01 Å². The Morgan fingerprint density at radius 2 is 1.98 bits per heavy atom. The van der Waals surface area contributed by atoms with Gasteiger partial charge in [-0.2, -0.15) is 9.97 Å². The van der Waals surface area contributed by atoms with Gasteiger partial charge in [0.2, 0.25) is 0 Å². The van der Waals surface area contributed by atoms with Crippen molar-refractivity contribution in [2.75, 3.05) is 63.0 Å². The molecule has 2 bridgehead atoms. The number of rotatable bonds is 9. The summed E-state index contributed by atoms with van der Waals surface area (Å²) in [7, 11) is 1.59. The Bertz CT molecular complexity index is 1740. The van der Waals surface area contributed by atoms with Crippen molar-refractivity contribution in [3.05, 3.63) is 58.8 Å². The first-order valence-electron chi connectivity index (χ1n) is 17.5. The summed E-state index contributed by atoms with van der Waals surface area (Å²) in [6.07, 6.45) is 6.32. The molecule has 1 aliphatic carbocycles. The van der Waals surface area contributed by atoms with Crippen LogP contribution in [0.3, 0.4) is 0 Å². The van der Waals surface area contributed by atoms with Gasteiger partial charge < -0.3 is 29.1 Å². The molecule has 1 saturated carbocycles. The molecule has 4 atom stereocenters. The van der Waals surface area contributed by atoms with Crippen LogP contribution in [0, 0.1) is 17.7 Å². The molecule has 1 unspecified atom stereocenters. The number of methoxy groups -OCH3 is 1. The lowest BCUT2D eigenvalue weighted by Gasteiger charge is -2.37. The summed E-state index contributed by atoms with van der Waals surface area (Å²) in [6.45, 7) is 6.89. The van der Waals surface area contributed by atoms with E-state index in [2.05, 4.69) is 14.7 Å². The van der Waals surface area contributed by atoms with Crippen molar-refractivity contribution >= 4 is 22.3 Å². The van der Waals surface area contributed by atoms with Crippen molar-refractivity contribution in [3.63, 3.8) is 0 Å². The van der Waals surface area contributed by atoms with Crippen LogP contribution in [0.25, 0.3) is 10.8 Å². The molecule has 4 aliphatic heterocycles. The smallest absolute Gasteiger partial charge is 0.318 e. The highest BCUT2D eigenvalue weighted by Crippen LogP contribution is 2.44. The standard InChI is InChI=1S/C37H45F2N5O4/c1-3-28-30(39)6-5-25-13-27(48-22-46-2)14-32(34(25)28)42-10-7-29-31(20-42)40-36(41-35(29)43-17-23-11-26(19-43)33(45)12-23)47-21-37-8-4-9-44(37)18-24(15-37)16-38/h5-6,13-14,16,23,26,33,45H,3-4,7-12,15,17-22H2,1-2H3/b24-16-/t23-,26-,33-,37?/m1/s1. The van der Waals surface area contributed by atoms with Gasteiger partial charge in [0, 0.05) is 61.9 Å². The minimum Gasteiger partial charge on any atom is -0.467 e. The number of benzene rings is 2. The van der Waals surface area contributed by atoms with Crippen molar-refractivity contribution in [1.82, 2.24) is 14.9 Å². The summed E-state index contributed by atoms with van der Waals surface area (Å²) in [5.41, 5.74) is 4.16. The van der Waals surface area contributed by atoms with Crippen LogP contribution in [-0.4, -0.2) is 84.9 Å². The molecule has 4 fully saturated rings. The average Bonchev–Trinajstić information content (AvgIpc) is 3.74. The Morgan fingerprint density at radius 3 is 2.79 bits per heavy atom. The van der Waals surface area contributed by atoms with Gasteiger partial charge in [-0.05, 0) is 86.1 Å². The number of aryl methyl sites for hydroxylation is 1. The molecule has 1 aromatic heterocycles. The number of fused-ring (bicyclic) bond motifs is 5. The van der Waals surface area contributed by atoms with E-state index in [9.17, 15) is 9.50 Å². The Labute approximate surface area is 280 Å². The van der Waals surface area contributed by atoms with Crippen molar-refractivity contribution in [2.45, 2.75) is 70.1 Å². The highest BCUT2D eigenvalue weighted by molar-refractivity contribution is 5.98. The molecule has 5 aliphatic rings. The molecule has 9 nitrogen and oxygen atoms in total. The maximum absolute atomic E-state index is 15.2. The second-order valence-electron chi connectivity index (χ2n) is 14.4. The van der Waals surface area contributed by atoms with E-state index >= 15 is 4.39 Å². The largest absolute Gasteiger partial charge is 0.467 e. The minimum atomic E-state index is -0.273. The number of ether oxygens (including phenoxy) is 3. The summed E-state index contributed by atoms with van der Waals surface area (Å²) >= 11 is 0. The summed E-state index contributed by atoms with van der Waals surface area (Å²) in [5.74, 6) is 2.02. The third-order valence-electron chi connectivity index (χ3n) is 11.5. The third-order valence-corrected chi connectivity index (χ3v) is 11.5. The zero-order valence-electron chi connectivity index (χ0n) is 27.9. The molecular formula is C37H45F2N5O4. The van der Waals surface area contributed by atoms with Crippen LogP contribution < -0.4 is 19.3 Å². The fourth-order valence-corrected chi connectivity index (χ4v) is 9.25. The zero-order valence-corrected chi connectivity index (χ0v) is 27.9. The second-order valence-corrected chi connectivity index (χ2v) is 14.4. The zero-order chi connectivity index (χ0) is 33.0. The van der Waals surface area contributed by atoms with Crippen molar-refractivity contribution in [1.29, 1.82) is 0 Å². The van der Waals surface area contributed by atoms with Crippen molar-refractivity contribution in [2.24, 2.45) is 11.8 Å². The summed E-state index contributed by atoms with van der Waals surface area (Å²) in [4.78, 5) is 17.1. The highest BCUT2D eigenvalue weighted by Gasteiger charge is 2.47. The van der Waals surface area contributed by atoms with E-state index in [1.54, 1.807) is 7.11 Å². The molecule has 256 valence electrons. The van der Waals surface area contributed by atoms with E-state index < -0.39 is 0 Å². The minimum absolute atomic E-state index is 0.112. The predicted molar refractivity (Wildman–Crippen MR) is 180 cm³/mol. The first kappa shape index (κ1) is 31.7. The van der Waals surface area contributed by atoms with E-state index in [0.29, 0.717) is 68.7 Å². The lowest BCUT2D eigenvalue weighted by atomic mass is 9.94. The predicted octanol–water partition coefficient (Wildman–Crippen LogP) is 5.55. The van der Waals surface area contributed by atoms with Crippen LogP contribution in [0.2, 0.25) is 0 Å². The lowest BCUT2D eigenvalue weighted by Crippen LogP contribution is -2.44. The average molecular weight is 662 g/mol. The van der Waals surface area contributed by atoms with E-state index in [1.807, 2.05) is 25.1 Å². The molecule has 1 N–H and O–H groups in total. The number of hydrogen-bond donors (Lipinski definition) is 1. The Hall–Kier alpha value is -3.54. The van der Waals surface area contributed by atoms with Crippen LogP contribution in [-0.2, 0) is 24.1 Å². The van der Waals surface area contributed by atoms with Crippen LogP contribution in [0.15, 0.2) is 36.2 Å².